The average Bonchev–Trinajstić information content (AvgIpc) is 3.48. The van der Waals surface area contributed by atoms with Crippen molar-refractivity contribution in [1.82, 2.24) is 30.2 Å². The second kappa shape index (κ2) is 14.8. The molecule has 3 N–H and O–H groups in total. The number of methoxy groups -OCH3 is 1. The van der Waals surface area contributed by atoms with Crippen LogP contribution < -0.4 is 15.4 Å². The fourth-order valence-electron chi connectivity index (χ4n) is 5.57. The van der Waals surface area contributed by atoms with E-state index in [2.05, 4.69) is 35.5 Å². The first kappa shape index (κ1) is 32.3. The number of hydrogen-bond acceptors (Lipinski definition) is 8. The van der Waals surface area contributed by atoms with Crippen molar-refractivity contribution in [2.75, 3.05) is 32.6 Å². The number of benzene rings is 2. The van der Waals surface area contributed by atoms with Crippen LogP contribution in [0.4, 0.5) is 15.9 Å². The number of Topliss-reactive ketones (excluding diaryl/α,β-unsaturated/α-hetero) is 1. The van der Waals surface area contributed by atoms with Crippen LogP contribution in [0.1, 0.15) is 68.6 Å². The van der Waals surface area contributed by atoms with E-state index in [-0.39, 0.29) is 28.7 Å². The minimum atomic E-state index is -0.498. The Morgan fingerprint density at radius 1 is 1.16 bits per heavy atom. The number of halogens is 2. The molecule has 0 unspecified atom stereocenters. The fraction of sp³-hybridized carbons (Fsp3) is 0.424. The van der Waals surface area contributed by atoms with Gasteiger partial charge >= 0.3 is 0 Å². The van der Waals surface area contributed by atoms with Crippen molar-refractivity contribution in [3.63, 3.8) is 0 Å². The summed E-state index contributed by atoms with van der Waals surface area (Å²) < 4.78 is 19.4. The summed E-state index contributed by atoms with van der Waals surface area (Å²) in [5, 5.41) is 7.20. The maximum atomic E-state index is 13.7. The first-order chi connectivity index (χ1) is 21.7. The van der Waals surface area contributed by atoms with E-state index in [4.69, 9.17) is 16.3 Å². The van der Waals surface area contributed by atoms with E-state index in [1.54, 1.807) is 19.4 Å². The Balaban J connectivity index is 1.34. The van der Waals surface area contributed by atoms with Gasteiger partial charge in [0.2, 0.25) is 5.91 Å². The molecule has 0 aliphatic carbocycles. The Morgan fingerprint density at radius 3 is 2.71 bits per heavy atom. The smallest absolute Gasteiger partial charge is 0.226 e. The minimum Gasteiger partial charge on any atom is -0.496 e. The largest absolute Gasteiger partial charge is 0.496 e. The van der Waals surface area contributed by atoms with Crippen molar-refractivity contribution >= 4 is 45.7 Å². The van der Waals surface area contributed by atoms with Gasteiger partial charge in [-0.1, -0.05) is 31.4 Å². The van der Waals surface area contributed by atoms with E-state index in [9.17, 15) is 14.0 Å². The molecule has 45 heavy (non-hydrogen) atoms. The second-order valence-corrected chi connectivity index (χ2v) is 12.0. The summed E-state index contributed by atoms with van der Waals surface area (Å²) in [5.41, 5.74) is 3.01. The number of aromatic nitrogens is 4. The molecule has 2 aromatic heterocycles. The molecule has 1 aliphatic rings. The molecular formula is C33H39ClFN7O3. The lowest BCUT2D eigenvalue weighted by Gasteiger charge is -2.35. The molecule has 1 amide bonds. The number of anilines is 2. The highest BCUT2D eigenvalue weighted by Crippen LogP contribution is 2.32. The number of unbranched alkanes of at least 4 members (excludes halogenated alkanes) is 2. The number of ketones is 1. The van der Waals surface area contributed by atoms with Gasteiger partial charge < -0.3 is 25.3 Å². The molecule has 0 bridgehead atoms. The molecule has 4 aromatic rings. The van der Waals surface area contributed by atoms with Crippen LogP contribution in [-0.4, -0.2) is 63.8 Å². The lowest BCUT2D eigenvalue weighted by molar-refractivity contribution is -0.130. The van der Waals surface area contributed by atoms with Gasteiger partial charge in [0.05, 0.1) is 29.6 Å². The molecule has 238 valence electrons. The van der Waals surface area contributed by atoms with Gasteiger partial charge in [-0.25, -0.2) is 19.3 Å². The van der Waals surface area contributed by atoms with Crippen LogP contribution in [0.15, 0.2) is 42.9 Å². The van der Waals surface area contributed by atoms with E-state index >= 15 is 0 Å². The summed E-state index contributed by atoms with van der Waals surface area (Å²) in [4.78, 5) is 43.8. The summed E-state index contributed by atoms with van der Waals surface area (Å²) in [6.07, 6.45) is 8.24. The Bertz CT molecular complexity index is 1660. The molecular weight excluding hydrogens is 597 g/mol. The zero-order valence-corrected chi connectivity index (χ0v) is 26.6. The molecule has 0 radical (unpaired) electrons. The van der Waals surface area contributed by atoms with E-state index < -0.39 is 5.82 Å². The zero-order chi connectivity index (χ0) is 31.9. The van der Waals surface area contributed by atoms with Crippen molar-refractivity contribution in [1.29, 1.82) is 0 Å². The van der Waals surface area contributed by atoms with Crippen molar-refractivity contribution in [3.8, 4) is 5.75 Å². The Morgan fingerprint density at radius 2 is 1.98 bits per heavy atom. The van der Waals surface area contributed by atoms with E-state index in [0.717, 1.165) is 55.4 Å². The number of amides is 1. The number of carbonyl (C=O) groups is 2. The summed E-state index contributed by atoms with van der Waals surface area (Å²) in [7, 11) is 3.61. The van der Waals surface area contributed by atoms with Gasteiger partial charge in [-0.15, -0.1) is 0 Å². The highest BCUT2D eigenvalue weighted by molar-refractivity contribution is 6.31. The Kier molecular flexibility index (Phi) is 10.6. The van der Waals surface area contributed by atoms with Crippen LogP contribution >= 0.6 is 11.6 Å². The van der Waals surface area contributed by atoms with Crippen LogP contribution in [0.2, 0.25) is 5.02 Å². The quantitative estimate of drug-likeness (QED) is 0.133. The molecule has 12 heteroatoms. The lowest BCUT2D eigenvalue weighted by atomic mass is 9.98. The number of likely N-dealkylation sites (tertiary alicyclic amines) is 1. The summed E-state index contributed by atoms with van der Waals surface area (Å²) in [5.74, 6) is 1.71. The van der Waals surface area contributed by atoms with Crippen LogP contribution in [0.5, 0.6) is 5.75 Å². The van der Waals surface area contributed by atoms with E-state index in [0.29, 0.717) is 47.9 Å². The predicted molar refractivity (Wildman–Crippen MR) is 172 cm³/mol. The number of carbonyl (C=O) groups excluding carboxylic acids is 2. The standard InChI is InChI=1S/C33H39ClFN7O3/c1-4-24(43)8-6-5-7-9-28(41-33(44)21-17-42(2)18-21)32-36-16-23(40-32)12-20-13-25-29(15-30(20)45-3)37-19-38-31(25)39-22-10-11-27(35)26(34)14-22/h10-11,13-16,19,21,28H,4-9,12,17-18H2,1-3H3,(H,36,40)(H,41,44)(H,37,38,39)/t28-/m0/s1. The topological polar surface area (TPSA) is 125 Å². The molecule has 1 fully saturated rings. The number of fused-ring (bicyclic) bond motifs is 1. The second-order valence-electron chi connectivity index (χ2n) is 11.6. The van der Waals surface area contributed by atoms with Gasteiger partial charge in [-0.05, 0) is 44.2 Å². The van der Waals surface area contributed by atoms with Crippen LogP contribution in [0, 0.1) is 11.7 Å². The monoisotopic (exact) mass is 635 g/mol. The lowest BCUT2D eigenvalue weighted by Crippen LogP contribution is -2.52. The van der Waals surface area contributed by atoms with Gasteiger partial charge in [0.25, 0.3) is 0 Å². The van der Waals surface area contributed by atoms with Crippen LogP contribution in [0.3, 0.4) is 0 Å². The van der Waals surface area contributed by atoms with E-state index in [1.165, 1.54) is 18.5 Å². The van der Waals surface area contributed by atoms with Crippen LogP contribution in [0.25, 0.3) is 10.9 Å². The summed E-state index contributed by atoms with van der Waals surface area (Å²) >= 11 is 5.98. The summed E-state index contributed by atoms with van der Waals surface area (Å²) in [6.45, 7) is 3.39. The molecule has 5 rings (SSSR count). The molecule has 0 saturated carbocycles. The minimum absolute atomic E-state index is 0.0110. The third-order valence-corrected chi connectivity index (χ3v) is 8.46. The number of rotatable bonds is 15. The summed E-state index contributed by atoms with van der Waals surface area (Å²) in [6, 6.07) is 7.95. The SMILES string of the molecule is CCC(=O)CCCCC[C@H](NC(=O)C1CN(C)C1)c1ncc(Cc2cc3c(Nc4ccc(F)c(Cl)c4)ncnc3cc2OC)[nH]1. The molecule has 0 spiro atoms. The van der Waals surface area contributed by atoms with E-state index in [1.807, 2.05) is 26.1 Å². The van der Waals surface area contributed by atoms with Gasteiger partial charge in [-0.3, -0.25) is 9.59 Å². The maximum Gasteiger partial charge on any atom is 0.226 e. The van der Waals surface area contributed by atoms with Crippen molar-refractivity contribution in [2.45, 2.75) is 57.9 Å². The average molecular weight is 636 g/mol. The number of nitrogens with one attached hydrogen (secondary N) is 3. The molecule has 1 saturated heterocycles. The number of hydrogen-bond donors (Lipinski definition) is 3. The Hall–Kier alpha value is -4.09. The molecule has 10 nitrogen and oxygen atoms in total. The van der Waals surface area contributed by atoms with Crippen molar-refractivity contribution in [3.05, 3.63) is 70.8 Å². The van der Waals surface area contributed by atoms with Gasteiger partial charge in [0, 0.05) is 66.9 Å². The predicted octanol–water partition coefficient (Wildman–Crippen LogP) is 6.14. The number of ether oxygens (including phenoxy) is 1. The van der Waals surface area contributed by atoms with Gasteiger partial charge in [-0.2, -0.15) is 0 Å². The third kappa shape index (κ3) is 8.15. The first-order valence-corrected chi connectivity index (χ1v) is 15.7. The molecule has 3 heterocycles. The molecule has 1 atom stereocenters. The maximum absolute atomic E-state index is 13.7. The molecule has 1 aliphatic heterocycles. The van der Waals surface area contributed by atoms with Gasteiger partial charge in [0.1, 0.15) is 35.3 Å². The van der Waals surface area contributed by atoms with Gasteiger partial charge in [0.15, 0.2) is 0 Å². The fourth-order valence-corrected chi connectivity index (χ4v) is 5.75. The zero-order valence-electron chi connectivity index (χ0n) is 25.8. The van der Waals surface area contributed by atoms with Crippen molar-refractivity contribution in [2.24, 2.45) is 5.92 Å². The van der Waals surface area contributed by atoms with Crippen LogP contribution in [-0.2, 0) is 16.0 Å². The third-order valence-electron chi connectivity index (χ3n) is 8.17. The highest BCUT2D eigenvalue weighted by atomic mass is 35.5. The first-order valence-electron chi connectivity index (χ1n) is 15.3. The van der Waals surface area contributed by atoms with Crippen molar-refractivity contribution < 1.29 is 18.7 Å². The number of nitrogens with zero attached hydrogens (tertiary/aromatic N) is 4. The number of aromatic amines is 1. The Labute approximate surface area is 267 Å². The molecule has 2 aromatic carbocycles. The highest BCUT2D eigenvalue weighted by Gasteiger charge is 2.31. The normalized spacial score (nSPS) is 14.2. The number of imidazole rings is 1. The number of H-pyrrole nitrogens is 1.